The van der Waals surface area contributed by atoms with Gasteiger partial charge in [0.2, 0.25) is 0 Å². The van der Waals surface area contributed by atoms with Crippen molar-refractivity contribution in [1.29, 1.82) is 0 Å². The highest BCUT2D eigenvalue weighted by molar-refractivity contribution is 5.82. The Bertz CT molecular complexity index is 1310. The van der Waals surface area contributed by atoms with Crippen molar-refractivity contribution in [3.63, 3.8) is 0 Å². The molecule has 0 heterocycles. The van der Waals surface area contributed by atoms with Crippen LogP contribution in [-0.2, 0) is 12.8 Å². The van der Waals surface area contributed by atoms with Crippen molar-refractivity contribution in [2.45, 2.75) is 59.3 Å². The van der Waals surface area contributed by atoms with Gasteiger partial charge in [-0.05, 0) is 128 Å². The van der Waals surface area contributed by atoms with E-state index in [1.807, 2.05) is 67.9 Å². The number of unbranched alkanes of at least 4 members (excludes halogenated alkanes) is 2. The number of nitrogens with zero attached hydrogens (tertiary/aromatic N) is 2. The number of methoxy groups -OCH3 is 1. The first-order valence-electron chi connectivity index (χ1n) is 14.8. The summed E-state index contributed by atoms with van der Waals surface area (Å²) in [6.07, 6.45) is 11.0. The molecule has 0 spiro atoms. The predicted octanol–water partition coefficient (Wildman–Crippen LogP) is 9.97. The van der Waals surface area contributed by atoms with Gasteiger partial charge in [0.25, 0.3) is 0 Å². The van der Waals surface area contributed by atoms with E-state index in [1.165, 1.54) is 36.8 Å². The Labute approximate surface area is 246 Å². The first-order valence-corrected chi connectivity index (χ1v) is 14.8. The van der Waals surface area contributed by atoms with E-state index in [0.29, 0.717) is 6.61 Å². The number of hydrogen-bond donors (Lipinski definition) is 0. The van der Waals surface area contributed by atoms with Gasteiger partial charge in [-0.2, -0.15) is 0 Å². The fourth-order valence-corrected chi connectivity index (χ4v) is 4.06. The number of ether oxygens (including phenoxy) is 2. The molecule has 0 N–H and O–H groups in total. The third-order valence-corrected chi connectivity index (χ3v) is 6.54. The van der Waals surface area contributed by atoms with Gasteiger partial charge in [-0.25, -0.2) is 0 Å². The summed E-state index contributed by atoms with van der Waals surface area (Å²) in [6, 6.07) is 32.8. The molecule has 0 saturated carbocycles. The summed E-state index contributed by atoms with van der Waals surface area (Å²) in [5, 5.41) is 0. The first-order chi connectivity index (χ1) is 20.1. The van der Waals surface area contributed by atoms with Crippen LogP contribution >= 0.6 is 0 Å². The van der Waals surface area contributed by atoms with Crippen molar-refractivity contribution < 1.29 is 9.47 Å². The second-order valence-corrected chi connectivity index (χ2v) is 9.83. The maximum atomic E-state index is 5.42. The quantitative estimate of drug-likeness (QED) is 0.156. The largest absolute Gasteiger partial charge is 0.497 e. The summed E-state index contributed by atoms with van der Waals surface area (Å²) in [6.45, 7) is 7.11. The van der Waals surface area contributed by atoms with E-state index in [2.05, 4.69) is 72.4 Å². The molecule has 0 radical (unpaired) electrons. The lowest BCUT2D eigenvalue weighted by molar-refractivity contribution is 0.340. The number of benzene rings is 4. The summed E-state index contributed by atoms with van der Waals surface area (Å²) in [7, 11) is 1.67. The Kier molecular flexibility index (Phi) is 13.9. The Morgan fingerprint density at radius 3 is 1.32 bits per heavy atom. The molecule has 0 bridgehead atoms. The summed E-state index contributed by atoms with van der Waals surface area (Å²) in [5.74, 6) is 1.76. The maximum Gasteiger partial charge on any atom is 0.119 e. The van der Waals surface area contributed by atoms with E-state index in [-0.39, 0.29) is 0 Å². The molecule has 4 rings (SSSR count). The second-order valence-electron chi connectivity index (χ2n) is 9.83. The maximum absolute atomic E-state index is 5.42. The third kappa shape index (κ3) is 11.8. The molecule has 0 aliphatic heterocycles. The highest BCUT2D eigenvalue weighted by atomic mass is 16.5. The van der Waals surface area contributed by atoms with Crippen molar-refractivity contribution in [2.75, 3.05) is 13.7 Å². The van der Waals surface area contributed by atoms with Gasteiger partial charge in [0.1, 0.15) is 11.5 Å². The van der Waals surface area contributed by atoms with Crippen molar-refractivity contribution in [1.82, 2.24) is 0 Å². The van der Waals surface area contributed by atoms with Crippen molar-refractivity contribution in [2.24, 2.45) is 9.98 Å². The molecule has 41 heavy (non-hydrogen) atoms. The van der Waals surface area contributed by atoms with E-state index in [0.717, 1.165) is 46.8 Å². The molecular formula is C37H44N2O2. The van der Waals surface area contributed by atoms with Gasteiger partial charge in [0, 0.05) is 12.4 Å². The van der Waals surface area contributed by atoms with Crippen LogP contribution in [0, 0.1) is 0 Å². The predicted molar refractivity (Wildman–Crippen MR) is 175 cm³/mol. The van der Waals surface area contributed by atoms with Crippen LogP contribution in [0.4, 0.5) is 11.4 Å². The fourth-order valence-electron chi connectivity index (χ4n) is 4.06. The van der Waals surface area contributed by atoms with Crippen molar-refractivity contribution in [3.05, 3.63) is 119 Å². The second kappa shape index (κ2) is 18.2. The highest BCUT2D eigenvalue weighted by Crippen LogP contribution is 2.17. The lowest BCUT2D eigenvalue weighted by atomic mass is 10.1. The molecule has 0 fully saturated rings. The standard InChI is InChI=1S/C19H23NO.C18H21NO/c1-3-5-6-16-7-11-18(12-8-16)20-15-17-9-13-19(14-10-17)21-4-2;1-3-4-5-15-6-10-17(11-7-15)19-14-16-8-12-18(20-2)13-9-16/h7-15H,3-6H2,1-2H3;6-14H,3-5H2,1-2H3/b20-15+;19-14+. The average Bonchev–Trinajstić information content (AvgIpc) is 3.03. The smallest absolute Gasteiger partial charge is 0.119 e. The zero-order valence-corrected chi connectivity index (χ0v) is 25.1. The van der Waals surface area contributed by atoms with Gasteiger partial charge < -0.3 is 9.47 Å². The molecule has 0 amide bonds. The molecule has 4 aromatic carbocycles. The van der Waals surface area contributed by atoms with E-state index < -0.39 is 0 Å². The minimum Gasteiger partial charge on any atom is -0.497 e. The Balaban J connectivity index is 0.000000226. The van der Waals surface area contributed by atoms with Crippen molar-refractivity contribution in [3.8, 4) is 11.5 Å². The Hall–Kier alpha value is -4.18. The molecule has 0 aromatic heterocycles. The molecule has 0 aliphatic rings. The van der Waals surface area contributed by atoms with Crippen LogP contribution in [0.15, 0.2) is 107 Å². The van der Waals surface area contributed by atoms with Crippen molar-refractivity contribution >= 4 is 23.8 Å². The van der Waals surface area contributed by atoms with Crippen LogP contribution in [0.3, 0.4) is 0 Å². The molecule has 0 unspecified atom stereocenters. The summed E-state index contributed by atoms with van der Waals surface area (Å²) >= 11 is 0. The van der Waals surface area contributed by atoms with E-state index in [9.17, 15) is 0 Å². The van der Waals surface area contributed by atoms with Crippen LogP contribution in [-0.4, -0.2) is 26.1 Å². The number of aryl methyl sites for hydroxylation is 2. The van der Waals surface area contributed by atoms with Gasteiger partial charge in [-0.15, -0.1) is 0 Å². The zero-order valence-electron chi connectivity index (χ0n) is 25.1. The number of rotatable bonds is 13. The summed E-state index contributed by atoms with van der Waals surface area (Å²) < 4.78 is 10.6. The van der Waals surface area contributed by atoms with Gasteiger partial charge in [-0.3, -0.25) is 9.98 Å². The van der Waals surface area contributed by atoms with E-state index in [1.54, 1.807) is 7.11 Å². The minimum atomic E-state index is 0.692. The zero-order chi connectivity index (χ0) is 29.1. The molecule has 0 saturated heterocycles. The van der Waals surface area contributed by atoms with E-state index >= 15 is 0 Å². The molecule has 4 heteroatoms. The number of hydrogen-bond acceptors (Lipinski definition) is 4. The normalized spacial score (nSPS) is 10.9. The lowest BCUT2D eigenvalue weighted by Crippen LogP contribution is -1.91. The van der Waals surface area contributed by atoms with E-state index in [4.69, 9.17) is 9.47 Å². The van der Waals surface area contributed by atoms with Crippen LogP contribution < -0.4 is 9.47 Å². The number of aliphatic imine (C=N–C) groups is 2. The lowest BCUT2D eigenvalue weighted by Gasteiger charge is -2.02. The van der Waals surface area contributed by atoms with Gasteiger partial charge in [0.05, 0.1) is 25.1 Å². The molecule has 0 aliphatic carbocycles. The fraction of sp³-hybridized carbons (Fsp3) is 0.297. The topological polar surface area (TPSA) is 43.2 Å². The SMILES string of the molecule is CCCCc1ccc(/N=C/c2ccc(OC)cc2)cc1.CCCCc1ccc(/N=C/c2ccc(OCC)cc2)cc1. The molecule has 214 valence electrons. The Morgan fingerprint density at radius 2 is 0.951 bits per heavy atom. The molecular weight excluding hydrogens is 504 g/mol. The molecule has 0 atom stereocenters. The van der Waals surface area contributed by atoms with Gasteiger partial charge >= 0.3 is 0 Å². The average molecular weight is 549 g/mol. The monoisotopic (exact) mass is 548 g/mol. The summed E-state index contributed by atoms with van der Waals surface area (Å²) in [4.78, 5) is 9.00. The Morgan fingerprint density at radius 1 is 0.537 bits per heavy atom. The van der Waals surface area contributed by atoms with Gasteiger partial charge in [0.15, 0.2) is 0 Å². The van der Waals surface area contributed by atoms with Crippen LogP contribution in [0.25, 0.3) is 0 Å². The third-order valence-electron chi connectivity index (χ3n) is 6.54. The summed E-state index contributed by atoms with van der Waals surface area (Å²) in [5.41, 5.74) is 6.90. The molecule has 4 aromatic rings. The van der Waals surface area contributed by atoms with Gasteiger partial charge in [-0.1, -0.05) is 51.0 Å². The van der Waals surface area contributed by atoms with Crippen LogP contribution in [0.5, 0.6) is 11.5 Å². The van der Waals surface area contributed by atoms with Crippen LogP contribution in [0.2, 0.25) is 0 Å². The minimum absolute atomic E-state index is 0.692. The molecule has 4 nitrogen and oxygen atoms in total. The first kappa shape index (κ1) is 31.3. The van der Waals surface area contributed by atoms with Crippen LogP contribution in [0.1, 0.15) is 68.7 Å². The highest BCUT2D eigenvalue weighted by Gasteiger charge is 1.96.